The van der Waals surface area contributed by atoms with Gasteiger partial charge >= 0.3 is 5.97 Å². The zero-order valence-corrected chi connectivity index (χ0v) is 19.1. The molecule has 1 N–H and O–H groups in total. The van der Waals surface area contributed by atoms with E-state index in [0.29, 0.717) is 35.6 Å². The van der Waals surface area contributed by atoms with Gasteiger partial charge < -0.3 is 14.6 Å². The highest BCUT2D eigenvalue weighted by Gasteiger charge is 2.26. The van der Waals surface area contributed by atoms with Crippen molar-refractivity contribution in [3.63, 3.8) is 0 Å². The van der Waals surface area contributed by atoms with E-state index in [-0.39, 0.29) is 18.2 Å². The molecule has 0 bridgehead atoms. The number of aryl methyl sites for hydroxylation is 2. The third kappa shape index (κ3) is 3.92. The van der Waals surface area contributed by atoms with Crippen LogP contribution in [0.1, 0.15) is 38.7 Å². The highest BCUT2D eigenvalue weighted by atomic mass is 16.5. The molecule has 0 saturated carbocycles. The van der Waals surface area contributed by atoms with Gasteiger partial charge in [0.05, 0.1) is 31.1 Å². The van der Waals surface area contributed by atoms with Crippen molar-refractivity contribution in [1.82, 2.24) is 4.57 Å². The van der Waals surface area contributed by atoms with E-state index in [1.807, 2.05) is 38.1 Å². The van der Waals surface area contributed by atoms with E-state index in [1.54, 1.807) is 41.0 Å². The number of aromatic nitrogens is 1. The van der Waals surface area contributed by atoms with Crippen LogP contribution >= 0.6 is 0 Å². The Labute approximate surface area is 197 Å². The highest BCUT2D eigenvalue weighted by Crippen LogP contribution is 2.36. The summed E-state index contributed by atoms with van der Waals surface area (Å²) >= 11 is 0. The number of carboxylic acids is 1. The molecule has 6 heteroatoms. The molecule has 0 fully saturated rings. The topological polar surface area (TPSA) is 77.8 Å². The van der Waals surface area contributed by atoms with Crippen molar-refractivity contribution >= 4 is 22.8 Å². The lowest BCUT2D eigenvalue weighted by Crippen LogP contribution is -2.14. The van der Waals surface area contributed by atoms with Crippen LogP contribution in [0.25, 0.3) is 10.9 Å². The fourth-order valence-corrected chi connectivity index (χ4v) is 4.64. The van der Waals surface area contributed by atoms with Gasteiger partial charge in [0, 0.05) is 22.2 Å². The molecule has 0 radical (unpaired) electrons. The van der Waals surface area contributed by atoms with Crippen LogP contribution in [-0.4, -0.2) is 34.8 Å². The molecule has 34 heavy (non-hydrogen) atoms. The first-order chi connectivity index (χ1) is 16.4. The van der Waals surface area contributed by atoms with Gasteiger partial charge in [0.25, 0.3) is 5.91 Å². The molecule has 1 aliphatic heterocycles. The lowest BCUT2D eigenvalue weighted by Gasteiger charge is -2.12. The molecule has 1 aliphatic rings. The van der Waals surface area contributed by atoms with Gasteiger partial charge in [-0.2, -0.15) is 0 Å². The van der Waals surface area contributed by atoms with Gasteiger partial charge in [-0.15, -0.1) is 0 Å². The lowest BCUT2D eigenvalue weighted by molar-refractivity contribution is -0.136. The minimum Gasteiger partial charge on any atom is -0.493 e. The fraction of sp³-hybridized carbons (Fsp3) is 0.214. The lowest BCUT2D eigenvalue weighted by atomic mass is 10.0. The van der Waals surface area contributed by atoms with E-state index in [2.05, 4.69) is 6.07 Å². The SMILES string of the molecule is Cc1cccc2c1OC[C@H]2COc1ccc(C(=O)n2c(C)cc3c(CC(=O)O)cccc32)cc1. The Morgan fingerprint density at radius 2 is 1.82 bits per heavy atom. The first-order valence-electron chi connectivity index (χ1n) is 11.2. The standard InChI is InChI=1S/C28H25NO5/c1-17-5-3-7-23-21(16-34-27(17)23)15-33-22-11-9-19(10-12-22)28(32)29-18(2)13-24-20(14-26(30)31)6-4-8-25(24)29/h3-13,21H,14-16H2,1-2H3,(H,30,31)/t21-/m1/s1. The fourth-order valence-electron chi connectivity index (χ4n) is 4.64. The van der Waals surface area contributed by atoms with Gasteiger partial charge in [-0.25, -0.2) is 0 Å². The molecule has 0 spiro atoms. The molecule has 0 amide bonds. The summed E-state index contributed by atoms with van der Waals surface area (Å²) in [5.74, 6) is 0.751. The molecule has 172 valence electrons. The molecule has 1 atom stereocenters. The first kappa shape index (κ1) is 21.8. The monoisotopic (exact) mass is 455 g/mol. The predicted molar refractivity (Wildman–Crippen MR) is 129 cm³/mol. The number of para-hydroxylation sites is 1. The predicted octanol–water partition coefficient (Wildman–Crippen LogP) is 5.13. The third-order valence-electron chi connectivity index (χ3n) is 6.33. The number of aliphatic carboxylic acids is 1. The van der Waals surface area contributed by atoms with Crippen LogP contribution in [0, 0.1) is 13.8 Å². The Bertz CT molecular complexity index is 1400. The number of carboxylic acid groups (broad SMARTS) is 1. The molecule has 1 aromatic heterocycles. The minimum atomic E-state index is -0.900. The van der Waals surface area contributed by atoms with Crippen molar-refractivity contribution < 1.29 is 24.2 Å². The van der Waals surface area contributed by atoms with Crippen LogP contribution in [0.4, 0.5) is 0 Å². The number of rotatable bonds is 6. The van der Waals surface area contributed by atoms with Gasteiger partial charge in [0.1, 0.15) is 11.5 Å². The van der Waals surface area contributed by atoms with Crippen molar-refractivity contribution in [1.29, 1.82) is 0 Å². The molecule has 5 rings (SSSR count). The average Bonchev–Trinajstić information content (AvgIpc) is 3.39. The normalized spacial score (nSPS) is 14.6. The maximum Gasteiger partial charge on any atom is 0.307 e. The van der Waals surface area contributed by atoms with Crippen LogP contribution in [0.15, 0.2) is 66.7 Å². The Balaban J connectivity index is 1.33. The summed E-state index contributed by atoms with van der Waals surface area (Å²) in [6.07, 6.45) is -0.0862. The largest absolute Gasteiger partial charge is 0.493 e. The van der Waals surface area contributed by atoms with Gasteiger partial charge in [-0.3, -0.25) is 14.2 Å². The molecule has 4 aromatic rings. The van der Waals surface area contributed by atoms with E-state index in [0.717, 1.165) is 22.4 Å². The van der Waals surface area contributed by atoms with E-state index < -0.39 is 5.97 Å². The van der Waals surface area contributed by atoms with Gasteiger partial charge in [0.2, 0.25) is 0 Å². The summed E-state index contributed by atoms with van der Waals surface area (Å²) in [4.78, 5) is 24.5. The Hall–Kier alpha value is -4.06. The summed E-state index contributed by atoms with van der Waals surface area (Å²) in [5, 5.41) is 9.98. The van der Waals surface area contributed by atoms with E-state index in [1.165, 1.54) is 5.56 Å². The average molecular weight is 456 g/mol. The van der Waals surface area contributed by atoms with Crippen LogP contribution < -0.4 is 9.47 Å². The van der Waals surface area contributed by atoms with Gasteiger partial charge in [-0.1, -0.05) is 30.3 Å². The maximum absolute atomic E-state index is 13.3. The molecule has 0 saturated heterocycles. The Morgan fingerprint density at radius 3 is 2.59 bits per heavy atom. The van der Waals surface area contributed by atoms with Crippen LogP contribution in [0.5, 0.6) is 11.5 Å². The van der Waals surface area contributed by atoms with Crippen LogP contribution in [-0.2, 0) is 11.2 Å². The zero-order valence-electron chi connectivity index (χ0n) is 19.1. The number of carbonyl (C=O) groups is 2. The van der Waals surface area contributed by atoms with Gasteiger partial charge in [0.15, 0.2) is 0 Å². The highest BCUT2D eigenvalue weighted by molar-refractivity contribution is 6.04. The van der Waals surface area contributed by atoms with Crippen molar-refractivity contribution in [2.75, 3.05) is 13.2 Å². The summed E-state index contributed by atoms with van der Waals surface area (Å²) in [7, 11) is 0. The first-order valence-corrected chi connectivity index (χ1v) is 11.2. The van der Waals surface area contributed by atoms with E-state index in [9.17, 15) is 14.7 Å². The number of fused-ring (bicyclic) bond motifs is 2. The number of nitrogens with zero attached hydrogens (tertiary/aromatic N) is 1. The molecular weight excluding hydrogens is 430 g/mol. The second-order valence-corrected chi connectivity index (χ2v) is 8.68. The Morgan fingerprint density at radius 1 is 1.06 bits per heavy atom. The van der Waals surface area contributed by atoms with Crippen molar-refractivity contribution in [2.24, 2.45) is 0 Å². The van der Waals surface area contributed by atoms with Gasteiger partial charge in [-0.05, 0) is 61.4 Å². The van der Waals surface area contributed by atoms with Crippen molar-refractivity contribution in [3.8, 4) is 11.5 Å². The molecule has 3 aromatic carbocycles. The maximum atomic E-state index is 13.3. The van der Waals surface area contributed by atoms with Crippen LogP contribution in [0.2, 0.25) is 0 Å². The quantitative estimate of drug-likeness (QED) is 0.436. The molecule has 0 aliphatic carbocycles. The molecular formula is C28H25NO5. The summed E-state index contributed by atoms with van der Waals surface area (Å²) in [5.41, 5.74) is 4.98. The minimum absolute atomic E-state index is 0.0862. The molecule has 6 nitrogen and oxygen atoms in total. The third-order valence-corrected chi connectivity index (χ3v) is 6.33. The van der Waals surface area contributed by atoms with Crippen molar-refractivity contribution in [2.45, 2.75) is 26.2 Å². The summed E-state index contributed by atoms with van der Waals surface area (Å²) in [6.45, 7) is 4.99. The van der Waals surface area contributed by atoms with Crippen LogP contribution in [0.3, 0.4) is 0 Å². The number of hydrogen-bond acceptors (Lipinski definition) is 4. The number of hydrogen-bond donors (Lipinski definition) is 1. The van der Waals surface area contributed by atoms with Crippen molar-refractivity contribution in [3.05, 3.63) is 94.7 Å². The molecule has 2 heterocycles. The summed E-state index contributed by atoms with van der Waals surface area (Å²) < 4.78 is 13.5. The second-order valence-electron chi connectivity index (χ2n) is 8.68. The Kier molecular flexibility index (Phi) is 5.57. The number of ether oxygens (including phenoxy) is 2. The smallest absolute Gasteiger partial charge is 0.307 e. The summed E-state index contributed by atoms with van der Waals surface area (Å²) in [6, 6.07) is 20.6. The number of carbonyl (C=O) groups excluding carboxylic acids is 1. The zero-order chi connectivity index (χ0) is 23.8. The number of benzene rings is 3. The molecule has 0 unspecified atom stereocenters. The van der Waals surface area contributed by atoms with E-state index >= 15 is 0 Å². The van der Waals surface area contributed by atoms with E-state index in [4.69, 9.17) is 9.47 Å². The second kappa shape index (κ2) is 8.71.